The zero-order chi connectivity index (χ0) is 17.3. The second-order valence-electron chi connectivity index (χ2n) is 8.15. The lowest BCUT2D eigenvalue weighted by Crippen LogP contribution is -2.54. The third-order valence-corrected chi connectivity index (χ3v) is 6.63. The summed E-state index contributed by atoms with van der Waals surface area (Å²) in [5.74, 6) is 0.540. The molecule has 0 bridgehead atoms. The van der Waals surface area contributed by atoms with Crippen molar-refractivity contribution in [3.8, 4) is 0 Å². The van der Waals surface area contributed by atoms with Gasteiger partial charge in [0.2, 0.25) is 0 Å². The molecule has 3 aliphatic heterocycles. The predicted octanol–water partition coefficient (Wildman–Crippen LogP) is 2.71. The van der Waals surface area contributed by atoms with Crippen molar-refractivity contribution in [3.05, 3.63) is 34.2 Å². The third-order valence-electron chi connectivity index (χ3n) is 6.63. The van der Waals surface area contributed by atoms with Crippen LogP contribution < -0.4 is 10.9 Å². The Hall–Kier alpha value is -0.590. The van der Waals surface area contributed by atoms with E-state index in [9.17, 15) is 4.79 Å². The van der Waals surface area contributed by atoms with Crippen LogP contribution in [0.3, 0.4) is 0 Å². The van der Waals surface area contributed by atoms with Crippen molar-refractivity contribution in [1.29, 1.82) is 0 Å². The Bertz CT molecular complexity index is 647. The van der Waals surface area contributed by atoms with Crippen LogP contribution in [0.15, 0.2) is 23.1 Å². The number of rotatable bonds is 2. The topological polar surface area (TPSA) is 46.5 Å². The van der Waals surface area contributed by atoms with E-state index in [1.54, 1.807) is 4.57 Å². The number of nitrogens with zero attached hydrogens (tertiary/aromatic N) is 2. The molecule has 4 rings (SSSR count). The van der Waals surface area contributed by atoms with Gasteiger partial charge >= 0.3 is 0 Å². The molecule has 0 aromatic carbocycles. The number of aromatic nitrogens is 1. The largest absolute Gasteiger partial charge is 0.375 e. The lowest BCUT2D eigenvalue weighted by molar-refractivity contribution is -0.122. The number of pyridine rings is 1. The highest BCUT2D eigenvalue weighted by Crippen LogP contribution is 2.37. The van der Waals surface area contributed by atoms with Crippen molar-refractivity contribution in [3.63, 3.8) is 0 Å². The molecule has 1 N–H and O–H groups in total. The van der Waals surface area contributed by atoms with Crippen LogP contribution in [0.5, 0.6) is 0 Å². The highest BCUT2D eigenvalue weighted by Gasteiger charge is 2.40. The number of nitrogens with one attached hydrogen (secondary N) is 1. The fourth-order valence-corrected chi connectivity index (χ4v) is 4.96. The van der Waals surface area contributed by atoms with Crippen molar-refractivity contribution in [2.24, 2.45) is 7.05 Å². The number of halogens is 2. The first-order chi connectivity index (χ1) is 12.2. The van der Waals surface area contributed by atoms with E-state index in [4.69, 9.17) is 4.74 Å². The monoisotopic (exact) mass is 417 g/mol. The molecule has 154 valence electrons. The maximum atomic E-state index is 11.9. The molecule has 3 aliphatic rings. The molecule has 0 aliphatic carbocycles. The highest BCUT2D eigenvalue weighted by atomic mass is 35.5. The molecule has 7 heteroatoms. The Balaban J connectivity index is 0.00000131. The van der Waals surface area contributed by atoms with E-state index >= 15 is 0 Å². The van der Waals surface area contributed by atoms with E-state index < -0.39 is 0 Å². The maximum Gasteiger partial charge on any atom is 0.250 e. The molecule has 5 nitrogen and oxygen atoms in total. The fourth-order valence-electron chi connectivity index (χ4n) is 4.96. The van der Waals surface area contributed by atoms with Crippen LogP contribution in [0.2, 0.25) is 0 Å². The van der Waals surface area contributed by atoms with Crippen LogP contribution in [0.1, 0.15) is 50.0 Å². The molecule has 1 unspecified atom stereocenters. The van der Waals surface area contributed by atoms with Crippen molar-refractivity contribution in [1.82, 2.24) is 14.8 Å². The standard InChI is InChI=1S/C20H31N3O2.2ClH/c1-22-10-2-17(14-19(22)24)16-3-11-23(12-4-16)18-5-13-25-20(15-18)6-8-21-9-7-20;;/h2,10,14,16,18,21H,3-9,11-13,15H2,1H3;2*1H. The van der Waals surface area contributed by atoms with Crippen LogP contribution in [0, 0.1) is 0 Å². The van der Waals surface area contributed by atoms with Crippen LogP contribution in [0.4, 0.5) is 0 Å². The summed E-state index contributed by atoms with van der Waals surface area (Å²) in [4.78, 5) is 14.6. The van der Waals surface area contributed by atoms with Gasteiger partial charge in [-0.2, -0.15) is 0 Å². The molecule has 1 spiro atoms. The van der Waals surface area contributed by atoms with Gasteiger partial charge in [0, 0.05) is 32.0 Å². The van der Waals surface area contributed by atoms with Gasteiger partial charge in [-0.3, -0.25) is 4.79 Å². The normalized spacial score (nSPS) is 26.2. The molecule has 27 heavy (non-hydrogen) atoms. The SMILES string of the molecule is Cl.Cl.Cn1ccc(C2CCN(C3CCOC4(CCNCC4)C3)CC2)cc1=O. The highest BCUT2D eigenvalue weighted by molar-refractivity contribution is 5.85. The van der Waals surface area contributed by atoms with Crippen LogP contribution in [-0.2, 0) is 11.8 Å². The van der Waals surface area contributed by atoms with Gasteiger partial charge < -0.3 is 19.5 Å². The number of ether oxygens (including phenoxy) is 1. The number of hydrogen-bond acceptors (Lipinski definition) is 4. The molecule has 1 aromatic rings. The minimum absolute atomic E-state index is 0. The molecule has 3 saturated heterocycles. The summed E-state index contributed by atoms with van der Waals surface area (Å²) in [6.45, 7) is 5.41. The molecule has 0 amide bonds. The summed E-state index contributed by atoms with van der Waals surface area (Å²) in [6.07, 6.45) is 8.93. The Labute approximate surface area is 174 Å². The molecule has 1 aromatic heterocycles. The van der Waals surface area contributed by atoms with Gasteiger partial charge in [0.1, 0.15) is 0 Å². The molecule has 1 atom stereocenters. The zero-order valence-corrected chi connectivity index (χ0v) is 17.8. The van der Waals surface area contributed by atoms with Gasteiger partial charge in [-0.05, 0) is 82.3 Å². The van der Waals surface area contributed by atoms with Gasteiger partial charge in [0.25, 0.3) is 5.56 Å². The number of aryl methyl sites for hydroxylation is 1. The average molecular weight is 418 g/mol. The summed E-state index contributed by atoms with van der Waals surface area (Å²) in [6, 6.07) is 4.63. The first kappa shape index (κ1) is 22.7. The fraction of sp³-hybridized carbons (Fsp3) is 0.750. The molecular weight excluding hydrogens is 385 g/mol. The number of hydrogen-bond donors (Lipinski definition) is 1. The van der Waals surface area contributed by atoms with Crippen LogP contribution >= 0.6 is 24.8 Å². The summed E-state index contributed by atoms with van der Waals surface area (Å²) in [5.41, 5.74) is 1.47. The van der Waals surface area contributed by atoms with Gasteiger partial charge in [-0.25, -0.2) is 0 Å². The van der Waals surface area contributed by atoms with Crippen LogP contribution in [0.25, 0.3) is 0 Å². The zero-order valence-electron chi connectivity index (χ0n) is 16.2. The van der Waals surface area contributed by atoms with Crippen molar-refractivity contribution in [2.45, 2.75) is 56.1 Å². The second kappa shape index (κ2) is 9.75. The van der Waals surface area contributed by atoms with Gasteiger partial charge in [-0.1, -0.05) is 0 Å². The van der Waals surface area contributed by atoms with Crippen LogP contribution in [-0.4, -0.2) is 53.9 Å². The Morgan fingerprint density at radius 2 is 1.85 bits per heavy atom. The molecule has 0 radical (unpaired) electrons. The quantitative estimate of drug-likeness (QED) is 0.803. The van der Waals surface area contributed by atoms with E-state index in [0.717, 1.165) is 45.6 Å². The Morgan fingerprint density at radius 1 is 1.15 bits per heavy atom. The minimum Gasteiger partial charge on any atom is -0.375 e. The molecule has 3 fully saturated rings. The van der Waals surface area contributed by atoms with Crippen molar-refractivity contribution in [2.75, 3.05) is 32.8 Å². The smallest absolute Gasteiger partial charge is 0.250 e. The lowest BCUT2D eigenvalue weighted by atomic mass is 9.81. The van der Waals surface area contributed by atoms with E-state index in [1.807, 2.05) is 19.3 Å². The van der Waals surface area contributed by atoms with Gasteiger partial charge in [0.05, 0.1) is 5.60 Å². The van der Waals surface area contributed by atoms with Gasteiger partial charge in [0.15, 0.2) is 0 Å². The third kappa shape index (κ3) is 5.07. The van der Waals surface area contributed by atoms with E-state index in [2.05, 4.69) is 16.3 Å². The summed E-state index contributed by atoms with van der Waals surface area (Å²) < 4.78 is 7.89. The van der Waals surface area contributed by atoms with E-state index in [1.165, 1.54) is 31.2 Å². The lowest BCUT2D eigenvalue weighted by Gasteiger charge is -2.48. The van der Waals surface area contributed by atoms with Crippen molar-refractivity contribution >= 4 is 24.8 Å². The predicted molar refractivity (Wildman–Crippen MR) is 114 cm³/mol. The first-order valence-electron chi connectivity index (χ1n) is 9.91. The first-order valence-corrected chi connectivity index (χ1v) is 9.91. The number of likely N-dealkylation sites (tertiary alicyclic amines) is 1. The van der Waals surface area contributed by atoms with E-state index in [0.29, 0.717) is 12.0 Å². The summed E-state index contributed by atoms with van der Waals surface area (Å²) in [5, 5.41) is 3.46. The molecular formula is C20H33Cl2N3O2. The van der Waals surface area contributed by atoms with Gasteiger partial charge in [-0.15, -0.1) is 24.8 Å². The Morgan fingerprint density at radius 3 is 2.52 bits per heavy atom. The minimum atomic E-state index is 0. The average Bonchev–Trinajstić information content (AvgIpc) is 2.65. The molecule has 0 saturated carbocycles. The van der Waals surface area contributed by atoms with Crippen molar-refractivity contribution < 1.29 is 4.74 Å². The molecule has 4 heterocycles. The number of piperidine rings is 2. The summed E-state index contributed by atoms with van der Waals surface area (Å²) in [7, 11) is 1.82. The summed E-state index contributed by atoms with van der Waals surface area (Å²) >= 11 is 0. The Kier molecular flexibility index (Phi) is 8.19. The second-order valence-corrected chi connectivity index (χ2v) is 8.15. The maximum absolute atomic E-state index is 11.9. The van der Waals surface area contributed by atoms with E-state index in [-0.39, 0.29) is 36.0 Å².